The van der Waals surface area contributed by atoms with E-state index in [9.17, 15) is 0 Å². The molecule has 1 aliphatic heterocycles. The fraction of sp³-hybridized carbons (Fsp3) is 0.308. The van der Waals surface area contributed by atoms with Crippen LogP contribution in [0.15, 0.2) is 34.9 Å². The average Bonchev–Trinajstić information content (AvgIpc) is 2.53. The monoisotopic (exact) mass is 225 g/mol. The molecule has 0 amide bonds. The molecule has 0 radical (unpaired) electrons. The summed E-state index contributed by atoms with van der Waals surface area (Å²) in [6.45, 7) is 19.5. The van der Waals surface area contributed by atoms with Gasteiger partial charge in [0.05, 0.1) is 19.2 Å². The third kappa shape index (κ3) is 2.05. The van der Waals surface area contributed by atoms with Gasteiger partial charge in [0, 0.05) is 5.57 Å². The summed E-state index contributed by atoms with van der Waals surface area (Å²) in [7, 11) is 0. The van der Waals surface area contributed by atoms with Crippen LogP contribution in [0.5, 0.6) is 0 Å². The molecule has 1 heterocycles. The van der Waals surface area contributed by atoms with Crippen molar-refractivity contribution < 1.29 is 4.74 Å². The first kappa shape index (κ1) is 12.6. The Morgan fingerprint density at radius 3 is 2.53 bits per heavy atom. The molecule has 0 fully saturated rings. The van der Waals surface area contributed by atoms with Crippen LogP contribution in [-0.4, -0.2) is 5.60 Å². The molecule has 4 heteroatoms. The molecule has 0 saturated carbocycles. The number of rotatable bonds is 1. The van der Waals surface area contributed by atoms with Crippen molar-refractivity contribution >= 4 is 0 Å². The van der Waals surface area contributed by atoms with Crippen molar-refractivity contribution in [3.8, 4) is 6.07 Å². The summed E-state index contributed by atoms with van der Waals surface area (Å²) in [5.41, 5.74) is 0.0831. The third-order valence-electron chi connectivity index (χ3n) is 2.35. The van der Waals surface area contributed by atoms with Crippen molar-refractivity contribution in [2.24, 2.45) is 0 Å². The minimum atomic E-state index is -0.686. The fourth-order valence-electron chi connectivity index (χ4n) is 1.61. The fourth-order valence-corrected chi connectivity index (χ4v) is 1.61. The normalized spacial score (nSPS) is 20.5. The zero-order valence-electron chi connectivity index (χ0n) is 9.90. The highest BCUT2D eigenvalue weighted by atomic mass is 16.5. The Bertz CT molecular complexity index is 541. The Kier molecular flexibility index (Phi) is 3.37. The van der Waals surface area contributed by atoms with Crippen LogP contribution in [0.25, 0.3) is 9.69 Å². The maximum Gasteiger partial charge on any atom is 0.292 e. The van der Waals surface area contributed by atoms with Crippen LogP contribution in [-0.2, 0) is 4.74 Å². The Balaban J connectivity index is 3.58. The lowest BCUT2D eigenvalue weighted by Crippen LogP contribution is -2.20. The second kappa shape index (κ2) is 4.56. The molecule has 1 aliphatic rings. The topological polar surface area (TPSA) is 41.7 Å². The van der Waals surface area contributed by atoms with E-state index < -0.39 is 5.60 Å². The summed E-state index contributed by atoms with van der Waals surface area (Å²) >= 11 is 0. The zero-order valence-corrected chi connectivity index (χ0v) is 9.90. The highest BCUT2D eigenvalue weighted by Gasteiger charge is 2.38. The maximum absolute atomic E-state index is 8.84. The summed E-state index contributed by atoms with van der Waals surface area (Å²) in [6, 6.07) is 1.76. The Hall–Kier alpha value is -2.51. The average molecular weight is 225 g/mol. The predicted octanol–water partition coefficient (Wildman–Crippen LogP) is 3.20. The van der Waals surface area contributed by atoms with Gasteiger partial charge < -0.3 is 4.74 Å². The van der Waals surface area contributed by atoms with Crippen molar-refractivity contribution in [3.63, 3.8) is 0 Å². The summed E-state index contributed by atoms with van der Waals surface area (Å²) in [5, 5.41) is 8.84. The van der Waals surface area contributed by atoms with Gasteiger partial charge in [-0.1, -0.05) is 12.2 Å². The molecule has 17 heavy (non-hydrogen) atoms. The van der Waals surface area contributed by atoms with Gasteiger partial charge >= 0.3 is 0 Å². The van der Waals surface area contributed by atoms with Crippen LogP contribution in [0.3, 0.4) is 0 Å². The molecule has 0 aromatic rings. The first-order valence-electron chi connectivity index (χ1n) is 4.98. The van der Waals surface area contributed by atoms with Gasteiger partial charge in [-0.3, -0.25) is 0 Å². The van der Waals surface area contributed by atoms with Crippen LogP contribution in [0.4, 0.5) is 0 Å². The van der Waals surface area contributed by atoms with E-state index in [4.69, 9.17) is 23.1 Å². The van der Waals surface area contributed by atoms with Crippen LogP contribution < -0.4 is 0 Å². The van der Waals surface area contributed by atoms with Crippen LogP contribution >= 0.6 is 0 Å². The minimum absolute atomic E-state index is 0.0931. The van der Waals surface area contributed by atoms with Crippen molar-refractivity contribution in [1.29, 1.82) is 5.26 Å². The summed E-state index contributed by atoms with van der Waals surface area (Å²) in [6.07, 6.45) is 3.58. The van der Waals surface area contributed by atoms with E-state index in [-0.39, 0.29) is 17.2 Å². The van der Waals surface area contributed by atoms with Gasteiger partial charge in [-0.05, 0) is 20.8 Å². The lowest BCUT2D eigenvalue weighted by atomic mass is 9.97. The predicted molar refractivity (Wildman–Crippen MR) is 62.8 cm³/mol. The SMILES string of the molecule is [C-]#[N+]C1=C(/C=C/C)C(C)(C)O/C1=C(\C#N)[N+]#[C-]. The quantitative estimate of drug-likeness (QED) is 0.508. The largest absolute Gasteiger partial charge is 0.505 e. The smallest absolute Gasteiger partial charge is 0.292 e. The van der Waals surface area contributed by atoms with Crippen molar-refractivity contribution in [3.05, 3.63) is 57.7 Å². The van der Waals surface area contributed by atoms with Gasteiger partial charge in [-0.2, -0.15) is 0 Å². The van der Waals surface area contributed by atoms with Gasteiger partial charge in [0.2, 0.25) is 5.70 Å². The lowest BCUT2D eigenvalue weighted by molar-refractivity contribution is 0.0951. The maximum atomic E-state index is 8.84. The Morgan fingerprint density at radius 1 is 1.47 bits per heavy atom. The number of ether oxygens (including phenoxy) is 1. The van der Waals surface area contributed by atoms with E-state index >= 15 is 0 Å². The molecule has 0 spiro atoms. The Labute approximate surface area is 101 Å². The molecule has 0 atom stereocenters. The molecule has 0 aliphatic carbocycles. The molecule has 0 aromatic carbocycles. The summed E-state index contributed by atoms with van der Waals surface area (Å²) < 4.78 is 5.57. The van der Waals surface area contributed by atoms with E-state index in [1.165, 1.54) is 0 Å². The standard InChI is InChI=1S/C13H11N3O/c1-6-7-9-11(16-5)12(10(8-14)15-4)17-13(9,2)3/h6-7H,1-3H3/b7-6+,12-10+. The first-order valence-corrected chi connectivity index (χ1v) is 4.98. The lowest BCUT2D eigenvalue weighted by Gasteiger charge is -2.21. The van der Waals surface area contributed by atoms with E-state index in [1.54, 1.807) is 32.1 Å². The zero-order chi connectivity index (χ0) is 13.1. The molecule has 84 valence electrons. The van der Waals surface area contributed by atoms with Gasteiger partial charge in [0.25, 0.3) is 5.70 Å². The molecule has 0 bridgehead atoms. The van der Waals surface area contributed by atoms with Gasteiger partial charge in [0.1, 0.15) is 11.4 Å². The van der Waals surface area contributed by atoms with Crippen molar-refractivity contribution in [2.45, 2.75) is 26.4 Å². The number of hydrogen-bond acceptors (Lipinski definition) is 2. The van der Waals surface area contributed by atoms with Gasteiger partial charge in [-0.15, -0.1) is 0 Å². The summed E-state index contributed by atoms with van der Waals surface area (Å²) in [5.74, 6) is 0.0931. The highest BCUT2D eigenvalue weighted by Crippen LogP contribution is 2.41. The number of nitriles is 1. The van der Waals surface area contributed by atoms with Gasteiger partial charge in [0.15, 0.2) is 0 Å². The minimum Gasteiger partial charge on any atom is -0.505 e. The molecule has 1 rings (SSSR count). The molecule has 0 N–H and O–H groups in total. The Morgan fingerprint density at radius 2 is 2.12 bits per heavy atom. The molecule has 0 unspecified atom stereocenters. The molecular weight excluding hydrogens is 214 g/mol. The summed E-state index contributed by atoms with van der Waals surface area (Å²) in [4.78, 5) is 6.47. The first-order chi connectivity index (χ1) is 8.01. The van der Waals surface area contributed by atoms with E-state index in [0.29, 0.717) is 5.57 Å². The van der Waals surface area contributed by atoms with E-state index in [2.05, 4.69) is 9.69 Å². The van der Waals surface area contributed by atoms with Crippen LogP contribution in [0.2, 0.25) is 0 Å². The molecule has 4 nitrogen and oxygen atoms in total. The molecule has 0 aromatic heterocycles. The second-order valence-corrected chi connectivity index (χ2v) is 3.89. The molecular formula is C13H11N3O. The van der Waals surface area contributed by atoms with Crippen LogP contribution in [0.1, 0.15) is 20.8 Å². The molecule has 0 saturated heterocycles. The number of hydrogen-bond donors (Lipinski definition) is 0. The second-order valence-electron chi connectivity index (χ2n) is 3.89. The van der Waals surface area contributed by atoms with E-state index in [0.717, 1.165) is 0 Å². The highest BCUT2D eigenvalue weighted by molar-refractivity contribution is 5.54. The van der Waals surface area contributed by atoms with Crippen molar-refractivity contribution in [2.75, 3.05) is 0 Å². The van der Waals surface area contributed by atoms with Crippen molar-refractivity contribution in [1.82, 2.24) is 0 Å². The number of nitrogens with zero attached hydrogens (tertiary/aromatic N) is 3. The number of allylic oxidation sites excluding steroid dienone is 2. The van der Waals surface area contributed by atoms with Crippen LogP contribution in [0, 0.1) is 24.5 Å². The third-order valence-corrected chi connectivity index (χ3v) is 2.35. The van der Waals surface area contributed by atoms with Gasteiger partial charge in [-0.25, -0.2) is 15.0 Å². The van der Waals surface area contributed by atoms with E-state index in [1.807, 2.05) is 6.92 Å².